The largest absolute Gasteiger partial charge is 0.507 e. The molecule has 3 rings (SSSR count). The first-order valence-corrected chi connectivity index (χ1v) is 6.47. The third kappa shape index (κ3) is 2.05. The van der Waals surface area contributed by atoms with E-state index in [2.05, 4.69) is 4.98 Å². The molecule has 4 nitrogen and oxygen atoms in total. The quantitative estimate of drug-likeness (QED) is 0.717. The van der Waals surface area contributed by atoms with Crippen LogP contribution in [-0.4, -0.2) is 10.1 Å². The van der Waals surface area contributed by atoms with Crippen LogP contribution in [0.1, 0.15) is 11.3 Å². The zero-order chi connectivity index (χ0) is 15.0. The summed E-state index contributed by atoms with van der Waals surface area (Å²) in [5.74, 6) is 0.0511. The van der Waals surface area contributed by atoms with Gasteiger partial charge in [0.2, 0.25) is 0 Å². The Kier molecular flexibility index (Phi) is 2.96. The minimum absolute atomic E-state index is 0.00672. The van der Waals surface area contributed by atoms with E-state index in [0.717, 1.165) is 10.8 Å². The Bertz CT molecular complexity index is 949. The Balaban J connectivity index is 2.50. The predicted octanol–water partition coefficient (Wildman–Crippen LogP) is 3.08. The van der Waals surface area contributed by atoms with E-state index in [4.69, 9.17) is 0 Å². The van der Waals surface area contributed by atoms with Crippen molar-refractivity contribution in [2.24, 2.45) is 0 Å². The lowest BCUT2D eigenvalue weighted by molar-refractivity contribution is 0.478. The number of hydrogen-bond acceptors (Lipinski definition) is 3. The van der Waals surface area contributed by atoms with Crippen LogP contribution >= 0.6 is 0 Å². The van der Waals surface area contributed by atoms with Crippen LogP contribution in [0.4, 0.5) is 0 Å². The molecule has 0 unspecified atom stereocenters. The summed E-state index contributed by atoms with van der Waals surface area (Å²) >= 11 is 0. The van der Waals surface area contributed by atoms with Gasteiger partial charge in [-0.3, -0.25) is 4.79 Å². The Morgan fingerprint density at radius 2 is 1.95 bits per heavy atom. The molecule has 0 bridgehead atoms. The first-order chi connectivity index (χ1) is 10.1. The topological polar surface area (TPSA) is 76.9 Å². The van der Waals surface area contributed by atoms with Crippen LogP contribution in [0.5, 0.6) is 5.75 Å². The molecule has 0 saturated carbocycles. The highest BCUT2D eigenvalue weighted by Crippen LogP contribution is 2.37. The first kappa shape index (κ1) is 12.9. The number of H-pyrrole nitrogens is 1. The molecule has 0 spiro atoms. The third-order valence-electron chi connectivity index (χ3n) is 3.46. The third-order valence-corrected chi connectivity index (χ3v) is 3.46. The molecule has 2 aromatic carbocycles. The summed E-state index contributed by atoms with van der Waals surface area (Å²) in [5.41, 5.74) is 1.17. The molecule has 0 radical (unpaired) electrons. The van der Waals surface area contributed by atoms with E-state index >= 15 is 0 Å². The zero-order valence-corrected chi connectivity index (χ0v) is 11.3. The number of nitriles is 1. The summed E-state index contributed by atoms with van der Waals surface area (Å²) in [5, 5.41) is 21.2. The zero-order valence-electron chi connectivity index (χ0n) is 11.3. The van der Waals surface area contributed by atoms with Crippen molar-refractivity contribution in [1.82, 2.24) is 4.98 Å². The van der Waals surface area contributed by atoms with E-state index in [1.54, 1.807) is 25.1 Å². The number of pyridine rings is 1. The molecule has 102 valence electrons. The molecule has 1 heterocycles. The second kappa shape index (κ2) is 4.80. The number of benzene rings is 2. The van der Waals surface area contributed by atoms with Crippen LogP contribution in [-0.2, 0) is 0 Å². The number of aromatic nitrogens is 1. The molecule has 4 heteroatoms. The summed E-state index contributed by atoms with van der Waals surface area (Å²) in [7, 11) is 0. The highest BCUT2D eigenvalue weighted by Gasteiger charge is 2.16. The number of nitrogens with zero attached hydrogens (tertiary/aromatic N) is 1. The molecule has 0 aliphatic rings. The molecule has 0 aliphatic carbocycles. The normalized spacial score (nSPS) is 10.5. The highest BCUT2D eigenvalue weighted by atomic mass is 16.3. The lowest BCUT2D eigenvalue weighted by Crippen LogP contribution is -2.12. The minimum atomic E-state index is -0.445. The minimum Gasteiger partial charge on any atom is -0.507 e. The number of aromatic amines is 1. The van der Waals surface area contributed by atoms with Crippen molar-refractivity contribution in [3.8, 4) is 22.9 Å². The van der Waals surface area contributed by atoms with Crippen molar-refractivity contribution in [1.29, 1.82) is 5.26 Å². The fourth-order valence-electron chi connectivity index (χ4n) is 2.54. The summed E-state index contributed by atoms with van der Waals surface area (Å²) in [6, 6.07) is 14.6. The van der Waals surface area contributed by atoms with Crippen LogP contribution in [0, 0.1) is 18.3 Å². The molecule has 3 aromatic rings. The van der Waals surface area contributed by atoms with Gasteiger partial charge in [0.05, 0.1) is 0 Å². The van der Waals surface area contributed by atoms with Crippen molar-refractivity contribution >= 4 is 10.8 Å². The Hall–Kier alpha value is -3.06. The number of aryl methyl sites for hydroxylation is 1. The van der Waals surface area contributed by atoms with Crippen molar-refractivity contribution < 1.29 is 5.11 Å². The second-order valence-electron chi connectivity index (χ2n) is 4.86. The lowest BCUT2D eigenvalue weighted by Gasteiger charge is -2.11. The maximum atomic E-state index is 12.0. The maximum absolute atomic E-state index is 12.0. The highest BCUT2D eigenvalue weighted by molar-refractivity contribution is 6.00. The van der Waals surface area contributed by atoms with Crippen LogP contribution in [0.25, 0.3) is 21.9 Å². The average Bonchev–Trinajstić information content (AvgIpc) is 2.46. The van der Waals surface area contributed by atoms with E-state index in [-0.39, 0.29) is 11.3 Å². The van der Waals surface area contributed by atoms with E-state index in [1.165, 1.54) is 0 Å². The van der Waals surface area contributed by atoms with Gasteiger partial charge in [0.15, 0.2) is 0 Å². The summed E-state index contributed by atoms with van der Waals surface area (Å²) in [4.78, 5) is 14.6. The fourth-order valence-corrected chi connectivity index (χ4v) is 2.54. The standard InChI is InChI=1S/C17H12N2O2/c1-10-8-13(14(9-18)17(21)19-10)16-12-5-3-2-4-11(12)6-7-15(16)20/h2-8,20H,1H3,(H,19,21). The van der Waals surface area contributed by atoms with Gasteiger partial charge in [-0.15, -0.1) is 0 Å². The van der Waals surface area contributed by atoms with Crippen molar-refractivity contribution in [3.05, 3.63) is 64.1 Å². The van der Waals surface area contributed by atoms with Crippen LogP contribution in [0.15, 0.2) is 47.3 Å². The van der Waals surface area contributed by atoms with E-state index < -0.39 is 5.56 Å². The smallest absolute Gasteiger partial charge is 0.266 e. The van der Waals surface area contributed by atoms with Gasteiger partial charge in [-0.1, -0.05) is 30.3 Å². The first-order valence-electron chi connectivity index (χ1n) is 6.47. The van der Waals surface area contributed by atoms with Gasteiger partial charge >= 0.3 is 0 Å². The fraction of sp³-hybridized carbons (Fsp3) is 0.0588. The summed E-state index contributed by atoms with van der Waals surface area (Å²) < 4.78 is 0. The van der Waals surface area contributed by atoms with E-state index in [0.29, 0.717) is 16.8 Å². The summed E-state index contributed by atoms with van der Waals surface area (Å²) in [6.07, 6.45) is 0. The number of rotatable bonds is 1. The molecular formula is C17H12N2O2. The van der Waals surface area contributed by atoms with Crippen molar-refractivity contribution in [3.63, 3.8) is 0 Å². The average molecular weight is 276 g/mol. The van der Waals surface area contributed by atoms with Crippen molar-refractivity contribution in [2.45, 2.75) is 6.92 Å². The van der Waals surface area contributed by atoms with Gasteiger partial charge < -0.3 is 10.1 Å². The molecule has 1 aromatic heterocycles. The van der Waals surface area contributed by atoms with Crippen LogP contribution < -0.4 is 5.56 Å². The molecule has 0 saturated heterocycles. The Labute approximate surface area is 120 Å². The number of hydrogen-bond donors (Lipinski definition) is 2. The number of phenols is 1. The van der Waals surface area contributed by atoms with Crippen molar-refractivity contribution in [2.75, 3.05) is 0 Å². The summed E-state index contributed by atoms with van der Waals surface area (Å²) in [6.45, 7) is 1.74. The maximum Gasteiger partial charge on any atom is 0.266 e. The van der Waals surface area contributed by atoms with Gasteiger partial charge in [0.25, 0.3) is 5.56 Å². The lowest BCUT2D eigenvalue weighted by atomic mass is 9.94. The van der Waals surface area contributed by atoms with Gasteiger partial charge in [-0.25, -0.2) is 0 Å². The predicted molar refractivity (Wildman–Crippen MR) is 81.1 cm³/mol. The van der Waals surface area contributed by atoms with E-state index in [1.807, 2.05) is 30.3 Å². The monoisotopic (exact) mass is 276 g/mol. The molecule has 21 heavy (non-hydrogen) atoms. The number of phenolic OH excluding ortho intramolecular Hbond substituents is 1. The molecule has 0 atom stereocenters. The number of fused-ring (bicyclic) bond motifs is 1. The molecule has 2 N–H and O–H groups in total. The van der Waals surface area contributed by atoms with Gasteiger partial charge in [0.1, 0.15) is 17.4 Å². The molecule has 0 amide bonds. The number of nitrogens with one attached hydrogen (secondary N) is 1. The molecule has 0 fully saturated rings. The molecule has 0 aliphatic heterocycles. The number of aromatic hydroxyl groups is 1. The SMILES string of the molecule is Cc1cc(-c2c(O)ccc3ccccc23)c(C#N)c(=O)[nH]1. The molecular weight excluding hydrogens is 264 g/mol. The second-order valence-corrected chi connectivity index (χ2v) is 4.86. The van der Waals surface area contributed by atoms with Gasteiger partial charge in [0, 0.05) is 16.8 Å². The van der Waals surface area contributed by atoms with Gasteiger partial charge in [-0.2, -0.15) is 5.26 Å². The van der Waals surface area contributed by atoms with Crippen LogP contribution in [0.3, 0.4) is 0 Å². The van der Waals surface area contributed by atoms with E-state index in [9.17, 15) is 15.2 Å². The van der Waals surface area contributed by atoms with Gasteiger partial charge in [-0.05, 0) is 29.8 Å². The Morgan fingerprint density at radius 3 is 2.71 bits per heavy atom. The van der Waals surface area contributed by atoms with Crippen LogP contribution in [0.2, 0.25) is 0 Å². The Morgan fingerprint density at radius 1 is 1.19 bits per heavy atom.